The molecule has 1 N–H and O–H groups in total. The van der Waals surface area contributed by atoms with E-state index in [2.05, 4.69) is 30.0 Å². The van der Waals surface area contributed by atoms with Gasteiger partial charge >= 0.3 is 0 Å². The van der Waals surface area contributed by atoms with Crippen molar-refractivity contribution in [1.82, 2.24) is 34.5 Å². The molecule has 2 unspecified atom stereocenters. The van der Waals surface area contributed by atoms with E-state index < -0.39 is 17.7 Å². The summed E-state index contributed by atoms with van der Waals surface area (Å²) in [4.78, 5) is 8.68. The quantitative estimate of drug-likeness (QED) is 0.386. The molecule has 9 nitrogen and oxygen atoms in total. The van der Waals surface area contributed by atoms with Crippen molar-refractivity contribution in [1.29, 1.82) is 0 Å². The van der Waals surface area contributed by atoms with Crippen molar-refractivity contribution in [3.63, 3.8) is 0 Å². The number of benzene rings is 1. The van der Waals surface area contributed by atoms with Crippen LogP contribution in [0.2, 0.25) is 0 Å². The highest BCUT2D eigenvalue weighted by molar-refractivity contribution is 8.01. The first-order valence-corrected chi connectivity index (χ1v) is 10.9. The van der Waals surface area contributed by atoms with Crippen molar-refractivity contribution in [2.75, 3.05) is 11.8 Å². The van der Waals surface area contributed by atoms with Crippen molar-refractivity contribution >= 4 is 17.9 Å². The van der Waals surface area contributed by atoms with Gasteiger partial charge in [0.15, 0.2) is 11.6 Å². The van der Waals surface area contributed by atoms with Gasteiger partial charge in [-0.25, -0.2) is 18.7 Å². The second kappa shape index (κ2) is 9.63. The summed E-state index contributed by atoms with van der Waals surface area (Å²) >= 11 is 1.25. The van der Waals surface area contributed by atoms with Crippen LogP contribution >= 0.6 is 11.9 Å². The second-order valence-corrected chi connectivity index (χ2v) is 8.51. The van der Waals surface area contributed by atoms with Gasteiger partial charge in [0.1, 0.15) is 29.1 Å². The Kier molecular flexibility index (Phi) is 6.65. The Hall–Kier alpha value is -3.38. The van der Waals surface area contributed by atoms with E-state index in [1.165, 1.54) is 34.7 Å². The summed E-state index contributed by atoms with van der Waals surface area (Å²) in [6.45, 7) is 3.82. The van der Waals surface area contributed by atoms with Crippen LogP contribution in [0.4, 0.5) is 14.7 Å². The van der Waals surface area contributed by atoms with Gasteiger partial charge in [-0.15, -0.1) is 10.2 Å². The number of anilines is 1. The van der Waals surface area contributed by atoms with E-state index >= 15 is 0 Å². The molecule has 0 aliphatic rings. The zero-order valence-electron chi connectivity index (χ0n) is 18.4. The van der Waals surface area contributed by atoms with Gasteiger partial charge in [-0.2, -0.15) is 5.10 Å². The molecule has 0 amide bonds. The van der Waals surface area contributed by atoms with Gasteiger partial charge in [-0.1, -0.05) is 6.07 Å². The Bertz CT molecular complexity index is 1220. The summed E-state index contributed by atoms with van der Waals surface area (Å²) < 4.78 is 40.9. The molecule has 3 aromatic heterocycles. The van der Waals surface area contributed by atoms with Crippen LogP contribution in [-0.2, 0) is 11.8 Å². The minimum Gasteiger partial charge on any atom is -0.372 e. The van der Waals surface area contributed by atoms with Crippen molar-refractivity contribution in [3.05, 3.63) is 65.9 Å². The van der Waals surface area contributed by atoms with Crippen LogP contribution in [-0.4, -0.2) is 46.9 Å². The summed E-state index contributed by atoms with van der Waals surface area (Å²) in [6.07, 6.45) is 4.71. The van der Waals surface area contributed by atoms with Crippen LogP contribution in [0.25, 0.3) is 17.2 Å². The summed E-state index contributed by atoms with van der Waals surface area (Å²) in [5.74, 6) is -0.649. The Morgan fingerprint density at radius 3 is 2.39 bits per heavy atom. The van der Waals surface area contributed by atoms with Crippen LogP contribution in [0.1, 0.15) is 24.4 Å². The fourth-order valence-electron chi connectivity index (χ4n) is 3.23. The molecule has 4 rings (SSSR count). The molecule has 0 aliphatic carbocycles. The molecule has 1 aromatic carbocycles. The van der Waals surface area contributed by atoms with Crippen LogP contribution in [0.15, 0.2) is 42.9 Å². The standard InChI is InChI=1S/C21H22F2N8OS/c1-12-10-24-19(25-11-12)18(32-4)13(2)33-29-21-27-26-20(16-8-9-30(3)28-16)31(21)17-14(22)6-5-7-15(17)23/h5-11,13,18H,1-4H3,(H,27,29). The van der Waals surface area contributed by atoms with Crippen LogP contribution in [0, 0.1) is 18.6 Å². The number of rotatable bonds is 8. The number of para-hydroxylation sites is 1. The second-order valence-electron chi connectivity index (χ2n) is 7.33. The number of aryl methyl sites for hydroxylation is 2. The van der Waals surface area contributed by atoms with Gasteiger partial charge in [0.25, 0.3) is 0 Å². The molecule has 33 heavy (non-hydrogen) atoms. The maximum atomic E-state index is 14.7. The Balaban J connectivity index is 1.66. The third-order valence-electron chi connectivity index (χ3n) is 4.84. The topological polar surface area (TPSA) is 95.6 Å². The molecule has 0 saturated heterocycles. The zero-order chi connectivity index (χ0) is 23.5. The van der Waals surface area contributed by atoms with Gasteiger partial charge in [-0.05, 0) is 49.6 Å². The molecular weight excluding hydrogens is 450 g/mol. The molecule has 0 saturated carbocycles. The Labute approximate surface area is 193 Å². The number of ether oxygens (including phenoxy) is 1. The van der Waals surface area contributed by atoms with Gasteiger partial charge in [0, 0.05) is 32.7 Å². The molecule has 3 heterocycles. The summed E-state index contributed by atoms with van der Waals surface area (Å²) in [6, 6.07) is 5.34. The molecule has 0 fully saturated rings. The zero-order valence-corrected chi connectivity index (χ0v) is 19.2. The normalized spacial score (nSPS) is 13.2. The first-order valence-electron chi connectivity index (χ1n) is 10.0. The maximum Gasteiger partial charge on any atom is 0.239 e. The number of hydrogen-bond donors (Lipinski definition) is 1. The van der Waals surface area contributed by atoms with Crippen molar-refractivity contribution < 1.29 is 13.5 Å². The van der Waals surface area contributed by atoms with Gasteiger partial charge < -0.3 is 4.74 Å². The molecular formula is C21H22F2N8OS. The number of nitrogens with one attached hydrogen (secondary N) is 1. The van der Waals surface area contributed by atoms with E-state index in [1.54, 1.807) is 43.5 Å². The number of aromatic nitrogens is 7. The number of nitrogens with zero attached hydrogens (tertiary/aromatic N) is 7. The van der Waals surface area contributed by atoms with E-state index in [9.17, 15) is 8.78 Å². The predicted octanol–water partition coefficient (Wildman–Crippen LogP) is 3.88. The molecule has 2 atom stereocenters. The Morgan fingerprint density at radius 2 is 1.79 bits per heavy atom. The van der Waals surface area contributed by atoms with Crippen LogP contribution in [0.5, 0.6) is 0 Å². The minimum absolute atomic E-state index is 0.135. The van der Waals surface area contributed by atoms with Gasteiger partial charge in [0.05, 0.1) is 5.25 Å². The van der Waals surface area contributed by atoms with Crippen LogP contribution in [0.3, 0.4) is 0 Å². The molecule has 172 valence electrons. The SMILES string of the molecule is COC(c1ncc(C)cn1)C(C)SNc1nnc(-c2ccn(C)n2)n1-c1c(F)cccc1F. The van der Waals surface area contributed by atoms with E-state index in [-0.39, 0.29) is 22.7 Å². The molecule has 4 aromatic rings. The number of halogens is 2. The van der Waals surface area contributed by atoms with Gasteiger partial charge in [-0.3, -0.25) is 14.0 Å². The van der Waals surface area contributed by atoms with E-state index in [4.69, 9.17) is 4.74 Å². The lowest BCUT2D eigenvalue weighted by Gasteiger charge is -2.21. The van der Waals surface area contributed by atoms with E-state index in [1.807, 2.05) is 13.8 Å². The van der Waals surface area contributed by atoms with Crippen molar-refractivity contribution in [3.8, 4) is 17.2 Å². The Morgan fingerprint density at radius 1 is 1.09 bits per heavy atom. The lowest BCUT2D eigenvalue weighted by Crippen LogP contribution is -2.19. The minimum atomic E-state index is -0.754. The summed E-state index contributed by atoms with van der Waals surface area (Å²) in [5.41, 5.74) is 1.06. The molecule has 0 bridgehead atoms. The smallest absolute Gasteiger partial charge is 0.239 e. The third kappa shape index (κ3) is 4.71. The highest BCUT2D eigenvalue weighted by atomic mass is 32.2. The van der Waals surface area contributed by atoms with Gasteiger partial charge in [0.2, 0.25) is 5.95 Å². The largest absolute Gasteiger partial charge is 0.372 e. The van der Waals surface area contributed by atoms with E-state index in [0.29, 0.717) is 11.5 Å². The fourth-order valence-corrected chi connectivity index (χ4v) is 4.01. The first-order chi connectivity index (χ1) is 15.9. The average molecular weight is 473 g/mol. The molecule has 0 spiro atoms. The highest BCUT2D eigenvalue weighted by Gasteiger charge is 2.26. The molecule has 0 aliphatic heterocycles. The lowest BCUT2D eigenvalue weighted by atomic mass is 10.2. The monoisotopic (exact) mass is 472 g/mol. The summed E-state index contributed by atoms with van der Waals surface area (Å²) in [7, 11) is 3.31. The maximum absolute atomic E-state index is 14.7. The van der Waals surface area contributed by atoms with Crippen LogP contribution < -0.4 is 4.72 Å². The number of methoxy groups -OCH3 is 1. The van der Waals surface area contributed by atoms with Crippen molar-refractivity contribution in [2.24, 2.45) is 7.05 Å². The fraction of sp³-hybridized carbons (Fsp3) is 0.286. The average Bonchev–Trinajstić information content (AvgIpc) is 3.40. The first kappa shape index (κ1) is 22.8. The molecule has 12 heteroatoms. The third-order valence-corrected chi connectivity index (χ3v) is 5.76. The highest BCUT2D eigenvalue weighted by Crippen LogP contribution is 2.32. The lowest BCUT2D eigenvalue weighted by molar-refractivity contribution is 0.0972. The molecule has 0 radical (unpaired) electrons. The number of hydrogen-bond acceptors (Lipinski definition) is 8. The van der Waals surface area contributed by atoms with Crippen molar-refractivity contribution in [2.45, 2.75) is 25.2 Å². The predicted molar refractivity (Wildman–Crippen MR) is 121 cm³/mol. The van der Waals surface area contributed by atoms with E-state index in [0.717, 1.165) is 5.56 Å². The summed E-state index contributed by atoms with van der Waals surface area (Å²) in [5, 5.41) is 12.4.